The SMILES string of the molecule is O=S(=O)(c1cncc(Br)c1)N1CCCCCC1CCl. The number of hydrogen-bond acceptors (Lipinski definition) is 3. The second-order valence-electron chi connectivity index (χ2n) is 4.61. The molecule has 2 rings (SSSR count). The third-order valence-corrected chi connectivity index (χ3v) is 5.99. The number of nitrogens with zero attached hydrogens (tertiary/aromatic N) is 2. The van der Waals surface area contributed by atoms with E-state index < -0.39 is 10.0 Å². The molecule has 1 fully saturated rings. The van der Waals surface area contributed by atoms with E-state index >= 15 is 0 Å². The van der Waals surface area contributed by atoms with E-state index in [2.05, 4.69) is 20.9 Å². The lowest BCUT2D eigenvalue weighted by Crippen LogP contribution is -2.41. The Morgan fingerprint density at radius 2 is 2.16 bits per heavy atom. The van der Waals surface area contributed by atoms with E-state index in [1.54, 1.807) is 12.3 Å². The molecule has 1 aromatic rings. The van der Waals surface area contributed by atoms with Gasteiger partial charge < -0.3 is 0 Å². The van der Waals surface area contributed by atoms with Gasteiger partial charge in [-0.2, -0.15) is 4.31 Å². The van der Waals surface area contributed by atoms with Gasteiger partial charge in [-0.3, -0.25) is 4.98 Å². The zero-order chi connectivity index (χ0) is 13.9. The van der Waals surface area contributed by atoms with Crippen molar-refractivity contribution in [3.8, 4) is 0 Å². The zero-order valence-electron chi connectivity index (χ0n) is 10.4. The van der Waals surface area contributed by atoms with E-state index in [0.717, 1.165) is 25.7 Å². The summed E-state index contributed by atoms with van der Waals surface area (Å²) in [6.07, 6.45) is 6.74. The van der Waals surface area contributed by atoms with Crippen molar-refractivity contribution >= 4 is 37.6 Å². The van der Waals surface area contributed by atoms with E-state index in [9.17, 15) is 8.42 Å². The Labute approximate surface area is 127 Å². The summed E-state index contributed by atoms with van der Waals surface area (Å²) in [4.78, 5) is 4.16. The Balaban J connectivity index is 2.36. The largest absolute Gasteiger partial charge is 0.262 e. The molecule has 1 aliphatic heterocycles. The Morgan fingerprint density at radius 3 is 2.84 bits per heavy atom. The fourth-order valence-corrected chi connectivity index (χ4v) is 4.89. The third kappa shape index (κ3) is 3.48. The molecule has 1 unspecified atom stereocenters. The van der Waals surface area contributed by atoms with Gasteiger partial charge in [-0.05, 0) is 34.8 Å². The van der Waals surface area contributed by atoms with Crippen LogP contribution in [0.15, 0.2) is 27.8 Å². The highest BCUT2D eigenvalue weighted by atomic mass is 79.9. The van der Waals surface area contributed by atoms with Crippen molar-refractivity contribution in [1.82, 2.24) is 9.29 Å². The molecule has 1 atom stereocenters. The maximum Gasteiger partial charge on any atom is 0.244 e. The van der Waals surface area contributed by atoms with Crippen molar-refractivity contribution in [2.75, 3.05) is 12.4 Å². The van der Waals surface area contributed by atoms with Gasteiger partial charge in [0.15, 0.2) is 0 Å². The van der Waals surface area contributed by atoms with Crippen molar-refractivity contribution in [3.63, 3.8) is 0 Å². The average Bonchev–Trinajstić information content (AvgIpc) is 2.64. The predicted octanol–water partition coefficient (Wildman–Crippen LogP) is 3.02. The molecule has 106 valence electrons. The van der Waals surface area contributed by atoms with Crippen LogP contribution in [0.25, 0.3) is 0 Å². The fraction of sp³-hybridized carbons (Fsp3) is 0.583. The van der Waals surface area contributed by atoms with Crippen LogP contribution in [0.1, 0.15) is 25.7 Å². The lowest BCUT2D eigenvalue weighted by molar-refractivity contribution is 0.345. The van der Waals surface area contributed by atoms with Gasteiger partial charge >= 0.3 is 0 Å². The molecule has 4 nitrogen and oxygen atoms in total. The minimum absolute atomic E-state index is 0.117. The highest BCUT2D eigenvalue weighted by molar-refractivity contribution is 9.10. The summed E-state index contributed by atoms with van der Waals surface area (Å²) >= 11 is 9.20. The molecule has 0 bridgehead atoms. The van der Waals surface area contributed by atoms with Crippen LogP contribution < -0.4 is 0 Å². The molecule has 1 aromatic heterocycles. The molecular formula is C12H16BrClN2O2S. The predicted molar refractivity (Wildman–Crippen MR) is 78.8 cm³/mol. The van der Waals surface area contributed by atoms with Crippen molar-refractivity contribution in [3.05, 3.63) is 22.9 Å². The topological polar surface area (TPSA) is 50.3 Å². The van der Waals surface area contributed by atoms with Gasteiger partial charge in [0.25, 0.3) is 0 Å². The maximum absolute atomic E-state index is 12.7. The Morgan fingerprint density at radius 1 is 1.37 bits per heavy atom. The molecule has 2 heterocycles. The molecule has 1 saturated heterocycles. The zero-order valence-corrected chi connectivity index (χ0v) is 13.6. The molecule has 0 spiro atoms. The van der Waals surface area contributed by atoms with Crippen molar-refractivity contribution in [2.45, 2.75) is 36.6 Å². The molecule has 0 N–H and O–H groups in total. The fourth-order valence-electron chi connectivity index (χ4n) is 2.29. The molecule has 0 aromatic carbocycles. The van der Waals surface area contributed by atoms with Gasteiger partial charge in [-0.1, -0.05) is 12.8 Å². The van der Waals surface area contributed by atoms with Crippen molar-refractivity contribution in [2.24, 2.45) is 0 Å². The first-order valence-corrected chi connectivity index (χ1v) is 9.01. The van der Waals surface area contributed by atoms with Crippen LogP contribution in [0, 0.1) is 0 Å². The van der Waals surface area contributed by atoms with Crippen LogP contribution >= 0.6 is 27.5 Å². The molecular weight excluding hydrogens is 352 g/mol. The first-order valence-electron chi connectivity index (χ1n) is 6.24. The van der Waals surface area contributed by atoms with Crippen LogP contribution in [0.2, 0.25) is 0 Å². The first-order chi connectivity index (χ1) is 9.05. The van der Waals surface area contributed by atoms with E-state index in [1.807, 2.05) is 0 Å². The van der Waals surface area contributed by atoms with Gasteiger partial charge in [0.2, 0.25) is 10.0 Å². The van der Waals surface area contributed by atoms with Crippen LogP contribution in [-0.2, 0) is 10.0 Å². The van der Waals surface area contributed by atoms with Crippen LogP contribution in [0.5, 0.6) is 0 Å². The number of sulfonamides is 1. The second-order valence-corrected chi connectivity index (χ2v) is 7.73. The lowest BCUT2D eigenvalue weighted by atomic mass is 10.1. The molecule has 0 aliphatic carbocycles. The molecule has 0 amide bonds. The Bertz CT molecular complexity index is 538. The molecule has 19 heavy (non-hydrogen) atoms. The Hall–Kier alpha value is -0.170. The third-order valence-electron chi connectivity index (χ3n) is 3.29. The minimum Gasteiger partial charge on any atom is -0.262 e. The summed E-state index contributed by atoms with van der Waals surface area (Å²) < 4.78 is 27.5. The first kappa shape index (κ1) is 15.2. The van der Waals surface area contributed by atoms with Gasteiger partial charge in [-0.15, -0.1) is 11.6 Å². The Kier molecular flexibility index (Phi) is 5.22. The van der Waals surface area contributed by atoms with Crippen LogP contribution in [0.4, 0.5) is 0 Å². The van der Waals surface area contributed by atoms with Gasteiger partial charge in [-0.25, -0.2) is 8.42 Å². The summed E-state index contributed by atoms with van der Waals surface area (Å²) in [5, 5.41) is 0. The number of aromatic nitrogens is 1. The molecule has 0 radical (unpaired) electrons. The number of pyridine rings is 1. The summed E-state index contributed by atoms with van der Waals surface area (Å²) in [6.45, 7) is 0.534. The molecule has 0 saturated carbocycles. The highest BCUT2D eigenvalue weighted by Crippen LogP contribution is 2.26. The number of alkyl halides is 1. The molecule has 7 heteroatoms. The van der Waals surface area contributed by atoms with Crippen LogP contribution in [-0.4, -0.2) is 36.2 Å². The van der Waals surface area contributed by atoms with Crippen LogP contribution in [0.3, 0.4) is 0 Å². The summed E-state index contributed by atoms with van der Waals surface area (Å²) in [5.74, 6) is 0.334. The lowest BCUT2D eigenvalue weighted by Gasteiger charge is -2.27. The summed E-state index contributed by atoms with van der Waals surface area (Å²) in [5.41, 5.74) is 0. The number of rotatable bonds is 3. The normalized spacial score (nSPS) is 22.1. The number of hydrogen-bond donors (Lipinski definition) is 0. The smallest absolute Gasteiger partial charge is 0.244 e. The van der Waals surface area contributed by atoms with Crippen molar-refractivity contribution in [1.29, 1.82) is 0 Å². The second kappa shape index (κ2) is 6.52. The van der Waals surface area contributed by atoms with Gasteiger partial charge in [0, 0.05) is 35.3 Å². The highest BCUT2D eigenvalue weighted by Gasteiger charge is 2.32. The standard InChI is InChI=1S/C12H16BrClN2O2S/c13-10-6-12(9-15-8-10)19(17,18)16-5-3-1-2-4-11(16)7-14/h6,8-9,11H,1-5,7H2. The van der Waals surface area contributed by atoms with E-state index in [4.69, 9.17) is 11.6 Å². The molecule has 1 aliphatic rings. The van der Waals surface area contributed by atoms with Gasteiger partial charge in [0.05, 0.1) is 0 Å². The quantitative estimate of drug-likeness (QED) is 0.772. The summed E-state index contributed by atoms with van der Waals surface area (Å²) in [6, 6.07) is 1.46. The number of halogens is 2. The maximum atomic E-state index is 12.7. The van der Waals surface area contributed by atoms with E-state index in [0.29, 0.717) is 16.9 Å². The summed E-state index contributed by atoms with van der Waals surface area (Å²) in [7, 11) is -3.51. The van der Waals surface area contributed by atoms with E-state index in [1.165, 1.54) is 10.5 Å². The monoisotopic (exact) mass is 366 g/mol. The van der Waals surface area contributed by atoms with E-state index in [-0.39, 0.29) is 10.9 Å². The van der Waals surface area contributed by atoms with Crippen molar-refractivity contribution < 1.29 is 8.42 Å². The van der Waals surface area contributed by atoms with Gasteiger partial charge in [0.1, 0.15) is 4.90 Å². The average molecular weight is 368 g/mol. The minimum atomic E-state index is -3.51.